The molecule has 0 heterocycles. The molecule has 1 atom stereocenters. The summed E-state index contributed by atoms with van der Waals surface area (Å²) in [5, 5.41) is 10.5. The Hall–Kier alpha value is -1.33. The molecule has 1 unspecified atom stereocenters. The zero-order valence-corrected chi connectivity index (χ0v) is 11.8. The van der Waals surface area contributed by atoms with Gasteiger partial charge in [-0.15, -0.1) is 0 Å². The van der Waals surface area contributed by atoms with Crippen LogP contribution in [0.3, 0.4) is 0 Å². The smallest absolute Gasteiger partial charge is 0.376 e. The zero-order valence-electron chi connectivity index (χ0n) is 11.1. The zero-order chi connectivity index (χ0) is 15.7. The van der Waals surface area contributed by atoms with Crippen molar-refractivity contribution in [2.45, 2.75) is 37.5 Å². The van der Waals surface area contributed by atoms with Crippen molar-refractivity contribution >= 4 is 17.4 Å². The first-order valence-electron chi connectivity index (χ1n) is 6.50. The number of rotatable bonds is 3. The molecule has 1 aromatic rings. The fourth-order valence-electron chi connectivity index (χ4n) is 2.42. The number of carbonyl (C=O) groups excluding carboxylic acids is 1. The monoisotopic (exact) mass is 318 g/mol. The van der Waals surface area contributed by atoms with Crippen molar-refractivity contribution < 1.29 is 23.1 Å². The number of alkyl halides is 3. The molecule has 21 heavy (non-hydrogen) atoms. The molecule has 6 heteroatoms. The third-order valence-corrected chi connectivity index (χ3v) is 3.81. The van der Waals surface area contributed by atoms with Gasteiger partial charge in [0.2, 0.25) is 0 Å². The molecule has 0 saturated heterocycles. The second kappa shape index (κ2) is 5.81. The van der Waals surface area contributed by atoms with Crippen LogP contribution in [0.15, 0.2) is 35.9 Å². The van der Waals surface area contributed by atoms with E-state index in [4.69, 9.17) is 11.6 Å². The topological polar surface area (TPSA) is 37.3 Å². The number of benzene rings is 1. The van der Waals surface area contributed by atoms with E-state index < -0.39 is 18.2 Å². The molecule has 114 valence electrons. The number of aliphatic hydroxyl groups is 1. The summed E-state index contributed by atoms with van der Waals surface area (Å²) in [5.41, 5.74) is -2.97. The average Bonchev–Trinajstić information content (AvgIpc) is 2.38. The Morgan fingerprint density at radius 3 is 2.29 bits per heavy atom. The summed E-state index contributed by atoms with van der Waals surface area (Å²) in [5.74, 6) is -0.197. The minimum atomic E-state index is -4.85. The van der Waals surface area contributed by atoms with Gasteiger partial charge in [0.05, 0.1) is 0 Å². The van der Waals surface area contributed by atoms with Gasteiger partial charge in [-0.3, -0.25) is 4.79 Å². The van der Waals surface area contributed by atoms with E-state index in [9.17, 15) is 23.1 Å². The van der Waals surface area contributed by atoms with Crippen LogP contribution in [0, 0.1) is 0 Å². The molecule has 0 amide bonds. The van der Waals surface area contributed by atoms with Crippen LogP contribution in [0.25, 0.3) is 0 Å². The standard InChI is InChI=1S/C15H14ClF3O2/c16-12-6-4-11(5-7-12)14(21,15(17,18)19)9-10-2-1-3-13(20)8-10/h4-8,21H,1-3,9H2. The van der Waals surface area contributed by atoms with Gasteiger partial charge in [0.1, 0.15) is 0 Å². The van der Waals surface area contributed by atoms with Gasteiger partial charge >= 0.3 is 6.18 Å². The fourth-order valence-corrected chi connectivity index (χ4v) is 2.55. The molecule has 1 N–H and O–H groups in total. The van der Waals surface area contributed by atoms with E-state index >= 15 is 0 Å². The van der Waals surface area contributed by atoms with Crippen LogP contribution in [0.1, 0.15) is 31.2 Å². The maximum absolute atomic E-state index is 13.3. The van der Waals surface area contributed by atoms with Crippen LogP contribution in [0.4, 0.5) is 13.2 Å². The molecular weight excluding hydrogens is 305 g/mol. The van der Waals surface area contributed by atoms with Crippen LogP contribution >= 0.6 is 11.6 Å². The minimum absolute atomic E-state index is 0.197. The Balaban J connectivity index is 2.38. The molecule has 0 aliphatic heterocycles. The summed E-state index contributed by atoms with van der Waals surface area (Å²) in [6.45, 7) is 0. The molecule has 0 spiro atoms. The van der Waals surface area contributed by atoms with Crippen molar-refractivity contribution in [2.24, 2.45) is 0 Å². The first-order valence-corrected chi connectivity index (χ1v) is 6.87. The molecule has 0 radical (unpaired) electrons. The predicted molar refractivity (Wildman–Crippen MR) is 73.0 cm³/mol. The number of hydrogen-bond donors (Lipinski definition) is 1. The molecule has 1 aromatic carbocycles. The quantitative estimate of drug-likeness (QED) is 0.908. The summed E-state index contributed by atoms with van der Waals surface area (Å²) in [7, 11) is 0. The lowest BCUT2D eigenvalue weighted by molar-refractivity contribution is -0.266. The third-order valence-electron chi connectivity index (χ3n) is 3.56. The molecule has 0 aromatic heterocycles. The molecular formula is C15H14ClF3O2. The van der Waals surface area contributed by atoms with Gasteiger partial charge < -0.3 is 5.11 Å². The van der Waals surface area contributed by atoms with Crippen LogP contribution in [0.5, 0.6) is 0 Å². The Labute approximate surface area is 125 Å². The molecule has 0 fully saturated rings. The van der Waals surface area contributed by atoms with Crippen LogP contribution in [0.2, 0.25) is 5.02 Å². The van der Waals surface area contributed by atoms with E-state index in [2.05, 4.69) is 0 Å². The van der Waals surface area contributed by atoms with Gasteiger partial charge in [-0.05, 0) is 36.6 Å². The van der Waals surface area contributed by atoms with E-state index in [1.54, 1.807) is 0 Å². The highest BCUT2D eigenvalue weighted by Crippen LogP contribution is 2.44. The van der Waals surface area contributed by atoms with E-state index in [1.165, 1.54) is 18.2 Å². The molecule has 1 aliphatic carbocycles. The van der Waals surface area contributed by atoms with Crippen molar-refractivity contribution in [3.8, 4) is 0 Å². The third kappa shape index (κ3) is 3.47. The maximum atomic E-state index is 13.3. The highest BCUT2D eigenvalue weighted by atomic mass is 35.5. The van der Waals surface area contributed by atoms with Crippen LogP contribution < -0.4 is 0 Å². The highest BCUT2D eigenvalue weighted by Gasteiger charge is 2.55. The predicted octanol–water partition coefficient (Wildman–Crippen LogP) is 4.16. The number of ketones is 1. The second-order valence-electron chi connectivity index (χ2n) is 5.16. The van der Waals surface area contributed by atoms with E-state index in [0.717, 1.165) is 12.1 Å². The molecule has 0 saturated carbocycles. The molecule has 1 aliphatic rings. The van der Waals surface area contributed by atoms with E-state index in [0.29, 0.717) is 24.8 Å². The molecule has 0 bridgehead atoms. The molecule has 2 rings (SSSR count). The van der Waals surface area contributed by atoms with Gasteiger partial charge in [-0.2, -0.15) is 13.2 Å². The lowest BCUT2D eigenvalue weighted by Crippen LogP contribution is -2.42. The van der Waals surface area contributed by atoms with E-state index in [1.807, 2.05) is 0 Å². The van der Waals surface area contributed by atoms with Gasteiger partial charge in [-0.25, -0.2) is 0 Å². The Morgan fingerprint density at radius 1 is 1.14 bits per heavy atom. The fraction of sp³-hybridized carbons (Fsp3) is 0.400. The van der Waals surface area contributed by atoms with E-state index in [-0.39, 0.29) is 16.4 Å². The Morgan fingerprint density at radius 2 is 1.76 bits per heavy atom. The first-order chi connectivity index (χ1) is 9.72. The summed E-state index contributed by atoms with van der Waals surface area (Å²) in [6, 6.07) is 4.91. The minimum Gasteiger partial charge on any atom is -0.376 e. The van der Waals surface area contributed by atoms with Crippen molar-refractivity contribution in [1.29, 1.82) is 0 Å². The lowest BCUT2D eigenvalue weighted by Gasteiger charge is -2.32. The van der Waals surface area contributed by atoms with Gasteiger partial charge in [-0.1, -0.05) is 29.3 Å². The number of carbonyl (C=O) groups is 1. The van der Waals surface area contributed by atoms with Gasteiger partial charge in [0.25, 0.3) is 0 Å². The lowest BCUT2D eigenvalue weighted by atomic mass is 9.83. The van der Waals surface area contributed by atoms with Gasteiger partial charge in [0.15, 0.2) is 11.4 Å². The Kier molecular flexibility index (Phi) is 4.44. The normalized spacial score (nSPS) is 19.1. The average molecular weight is 319 g/mol. The Bertz CT molecular complexity index is 563. The number of allylic oxidation sites excluding steroid dienone is 1. The van der Waals surface area contributed by atoms with Crippen molar-refractivity contribution in [2.75, 3.05) is 0 Å². The van der Waals surface area contributed by atoms with Crippen LogP contribution in [-0.2, 0) is 10.4 Å². The maximum Gasteiger partial charge on any atom is 0.421 e. The summed E-state index contributed by atoms with van der Waals surface area (Å²) < 4.78 is 40.0. The molecule has 2 nitrogen and oxygen atoms in total. The van der Waals surface area contributed by atoms with Crippen molar-refractivity contribution in [3.63, 3.8) is 0 Å². The van der Waals surface area contributed by atoms with Crippen molar-refractivity contribution in [3.05, 3.63) is 46.5 Å². The number of halogens is 4. The summed E-state index contributed by atoms with van der Waals surface area (Å²) in [6.07, 6.45) is -3.02. The number of hydrogen-bond acceptors (Lipinski definition) is 2. The first kappa shape index (κ1) is 16.0. The van der Waals surface area contributed by atoms with Gasteiger partial charge in [0, 0.05) is 17.9 Å². The van der Waals surface area contributed by atoms with Crippen LogP contribution in [-0.4, -0.2) is 17.1 Å². The SMILES string of the molecule is O=C1C=C(CC(O)(c2ccc(Cl)cc2)C(F)(F)F)CCC1. The second-order valence-corrected chi connectivity index (χ2v) is 5.60. The summed E-state index contributed by atoms with van der Waals surface area (Å²) in [4.78, 5) is 11.3. The van der Waals surface area contributed by atoms with Crippen molar-refractivity contribution in [1.82, 2.24) is 0 Å². The summed E-state index contributed by atoms with van der Waals surface area (Å²) >= 11 is 5.67. The highest BCUT2D eigenvalue weighted by molar-refractivity contribution is 6.30. The largest absolute Gasteiger partial charge is 0.421 e.